The van der Waals surface area contributed by atoms with Gasteiger partial charge in [0.15, 0.2) is 0 Å². The maximum absolute atomic E-state index is 11.2. The Kier molecular flexibility index (Phi) is 5.16. The number of nitrogens with one attached hydrogen (secondary N) is 1. The van der Waals surface area contributed by atoms with Crippen LogP contribution in [0, 0.1) is 6.92 Å². The Labute approximate surface area is 178 Å². The van der Waals surface area contributed by atoms with Crippen molar-refractivity contribution in [2.45, 2.75) is 25.8 Å². The Morgan fingerprint density at radius 2 is 1.79 bits per heavy atom. The van der Waals surface area contributed by atoms with E-state index in [0.717, 1.165) is 22.3 Å². The lowest BCUT2D eigenvalue weighted by Crippen LogP contribution is -2.22. The fourth-order valence-corrected chi connectivity index (χ4v) is 2.98. The summed E-state index contributed by atoms with van der Waals surface area (Å²) in [6.45, 7) is -3.24. The predicted octanol–water partition coefficient (Wildman–Crippen LogP) is 4.62. The summed E-state index contributed by atoms with van der Waals surface area (Å²) in [7, 11) is 0. The average Bonchev–Trinajstić information content (AvgIpc) is 2.77. The molecule has 0 aliphatic heterocycles. The van der Waals surface area contributed by atoms with Gasteiger partial charge in [-0.1, -0.05) is 66.2 Å². The van der Waals surface area contributed by atoms with Gasteiger partial charge in [-0.3, -0.25) is 0 Å². The molecule has 0 aliphatic carbocycles. The van der Waals surface area contributed by atoms with E-state index >= 15 is 0 Å². The summed E-state index contributed by atoms with van der Waals surface area (Å²) in [6.07, 6.45) is -2.57. The first kappa shape index (κ1) is 15.0. The number of aliphatic hydroxyl groups is 1. The molecule has 1 atom stereocenters. The minimum absolute atomic E-state index is 0.0251. The largest absolute Gasteiger partial charge is 0.478 e. The van der Waals surface area contributed by atoms with Crippen LogP contribution in [0.3, 0.4) is 0 Å². The first-order chi connectivity index (χ1) is 15.8. The van der Waals surface area contributed by atoms with Crippen molar-refractivity contribution in [2.24, 2.45) is 0 Å². The Hall–Kier alpha value is -2.95. The van der Waals surface area contributed by atoms with Crippen LogP contribution in [0.2, 0.25) is 0 Å². The van der Waals surface area contributed by atoms with Gasteiger partial charge >= 0.3 is 5.97 Å². The van der Waals surface area contributed by atoms with Crippen LogP contribution in [-0.4, -0.2) is 29.2 Å². The second-order valence-corrected chi connectivity index (χ2v) is 6.73. The molecule has 3 N–H and O–H groups in total. The van der Waals surface area contributed by atoms with Crippen LogP contribution in [0.5, 0.6) is 0 Å². The van der Waals surface area contributed by atoms with Crippen molar-refractivity contribution in [3.63, 3.8) is 0 Å². The van der Waals surface area contributed by atoms with E-state index in [4.69, 9.17) is 6.85 Å². The Bertz CT molecular complexity index is 1180. The molecule has 0 saturated carbocycles. The van der Waals surface area contributed by atoms with Gasteiger partial charge in [-0.25, -0.2) is 4.79 Å². The molecule has 0 bridgehead atoms. The van der Waals surface area contributed by atoms with Crippen LogP contribution >= 0.6 is 0 Å². The number of carboxylic acid groups (broad SMARTS) is 1. The van der Waals surface area contributed by atoms with Gasteiger partial charge in [-0.05, 0) is 60.6 Å². The van der Waals surface area contributed by atoms with E-state index < -0.39 is 25.0 Å². The zero-order chi connectivity index (χ0) is 25.1. The first-order valence-electron chi connectivity index (χ1n) is 11.8. The number of hydrogen-bond donors (Lipinski definition) is 3. The zero-order valence-corrected chi connectivity index (χ0v) is 16.1. The number of benzene rings is 3. The van der Waals surface area contributed by atoms with E-state index in [9.17, 15) is 15.0 Å². The third kappa shape index (κ3) is 6.01. The normalized spacial score (nSPS) is 16.6. The molecular weight excluding hydrogens is 362 g/mol. The molecule has 150 valence electrons. The summed E-state index contributed by atoms with van der Waals surface area (Å²) in [4.78, 5) is 11.2. The third-order valence-electron chi connectivity index (χ3n) is 4.47. The Morgan fingerprint density at radius 3 is 2.55 bits per heavy atom. The van der Waals surface area contributed by atoms with Gasteiger partial charge in [0, 0.05) is 12.0 Å². The lowest BCUT2D eigenvalue weighted by molar-refractivity contribution is 0.0697. The highest BCUT2D eigenvalue weighted by Crippen LogP contribution is 2.22. The molecule has 0 fully saturated rings. The highest BCUT2D eigenvalue weighted by molar-refractivity contribution is 5.89. The molecule has 0 unspecified atom stereocenters. The minimum Gasteiger partial charge on any atom is -0.478 e. The monoisotopic (exact) mass is 394 g/mol. The van der Waals surface area contributed by atoms with Crippen LogP contribution in [0.4, 0.5) is 0 Å². The molecule has 0 aromatic heterocycles. The van der Waals surface area contributed by atoms with Crippen molar-refractivity contribution >= 4 is 5.97 Å². The number of hydrogen-bond acceptors (Lipinski definition) is 3. The molecule has 0 spiro atoms. The van der Waals surface area contributed by atoms with Crippen molar-refractivity contribution in [2.75, 3.05) is 13.0 Å². The smallest absolute Gasteiger partial charge is 0.335 e. The van der Waals surface area contributed by atoms with Crippen LogP contribution in [0.15, 0.2) is 72.8 Å². The Morgan fingerprint density at radius 1 is 1.07 bits per heavy atom. The van der Waals surface area contributed by atoms with E-state index in [1.165, 1.54) is 18.2 Å². The lowest BCUT2D eigenvalue weighted by Gasteiger charge is -2.13. The van der Waals surface area contributed by atoms with Gasteiger partial charge in [0.25, 0.3) is 0 Å². The molecule has 3 rings (SSSR count). The quantitative estimate of drug-likeness (QED) is 0.495. The molecular formula is C25H27NO3. The van der Waals surface area contributed by atoms with E-state index in [2.05, 4.69) is 5.32 Å². The SMILES string of the molecule is [2H]C([2H])(CCc1cccc(-c2cccc(C(=O)O)c2)c1)NC([2H])([2H])[C@]([2H])(O)c1cccc(C)c1. The zero-order valence-electron chi connectivity index (χ0n) is 21.1. The summed E-state index contributed by atoms with van der Waals surface area (Å²) in [5, 5.41) is 22.0. The summed E-state index contributed by atoms with van der Waals surface area (Å²) in [5.74, 6) is -1.02. The fourth-order valence-electron chi connectivity index (χ4n) is 2.98. The highest BCUT2D eigenvalue weighted by atomic mass is 16.4. The van der Waals surface area contributed by atoms with Crippen molar-refractivity contribution in [1.82, 2.24) is 5.32 Å². The van der Waals surface area contributed by atoms with Gasteiger partial charge in [0.05, 0.1) is 13.0 Å². The van der Waals surface area contributed by atoms with E-state index in [-0.39, 0.29) is 24.0 Å². The topological polar surface area (TPSA) is 69.6 Å². The second kappa shape index (κ2) is 10.0. The molecule has 0 saturated heterocycles. The van der Waals surface area contributed by atoms with Gasteiger partial charge in [0.1, 0.15) is 0 Å². The molecule has 29 heavy (non-hydrogen) atoms. The van der Waals surface area contributed by atoms with Crippen molar-refractivity contribution in [1.29, 1.82) is 0 Å². The Balaban J connectivity index is 1.73. The van der Waals surface area contributed by atoms with Crippen LogP contribution < -0.4 is 5.32 Å². The standard InChI is InChI=1S/C25H27NO3/c1-18-6-2-11-22(14-18)24(27)17-26-13-5-8-19-7-3-9-20(15-19)21-10-4-12-23(16-21)25(28)29/h2-4,6-7,9-12,14-16,24,26-27H,5,8,13,17H2,1H3,(H,28,29)/t24-/m0/s1/i13D2,17D2,24D. The second-order valence-electron chi connectivity index (χ2n) is 6.73. The van der Waals surface area contributed by atoms with Crippen LogP contribution in [-0.2, 0) is 6.42 Å². The van der Waals surface area contributed by atoms with Gasteiger partial charge < -0.3 is 15.5 Å². The molecule has 0 amide bonds. The molecule has 3 aromatic carbocycles. The highest BCUT2D eigenvalue weighted by Gasteiger charge is 2.07. The predicted molar refractivity (Wildman–Crippen MR) is 116 cm³/mol. The molecule has 3 aromatic rings. The van der Waals surface area contributed by atoms with Crippen LogP contribution in [0.1, 0.15) is 46.4 Å². The van der Waals surface area contributed by atoms with Crippen molar-refractivity contribution in [3.8, 4) is 11.1 Å². The number of carboxylic acids is 1. The lowest BCUT2D eigenvalue weighted by atomic mass is 9.99. The van der Waals surface area contributed by atoms with Gasteiger partial charge in [0.2, 0.25) is 0 Å². The third-order valence-corrected chi connectivity index (χ3v) is 4.47. The number of carbonyl (C=O) groups is 1. The number of aryl methyl sites for hydroxylation is 2. The maximum Gasteiger partial charge on any atom is 0.335 e. The molecule has 4 nitrogen and oxygen atoms in total. The van der Waals surface area contributed by atoms with Crippen LogP contribution in [0.25, 0.3) is 11.1 Å². The van der Waals surface area contributed by atoms with Crippen molar-refractivity contribution in [3.05, 3.63) is 95.1 Å². The maximum atomic E-state index is 11.2. The summed E-state index contributed by atoms with van der Waals surface area (Å²) < 4.78 is 41.2. The van der Waals surface area contributed by atoms with Gasteiger partial charge in [-0.2, -0.15) is 0 Å². The van der Waals surface area contributed by atoms with E-state index in [1.54, 1.807) is 43.3 Å². The summed E-state index contributed by atoms with van der Waals surface area (Å²) >= 11 is 0. The molecule has 4 heteroatoms. The van der Waals surface area contributed by atoms with E-state index in [0.29, 0.717) is 0 Å². The van der Waals surface area contributed by atoms with Gasteiger partial charge in [-0.15, -0.1) is 0 Å². The van der Waals surface area contributed by atoms with Crippen molar-refractivity contribution < 1.29 is 21.9 Å². The fraction of sp³-hybridized carbons (Fsp3) is 0.240. The van der Waals surface area contributed by atoms with E-state index in [1.807, 2.05) is 18.2 Å². The summed E-state index contributed by atoms with van der Waals surface area (Å²) in [5.41, 5.74) is 3.22. The number of rotatable bonds is 9. The molecule has 0 radical (unpaired) electrons. The molecule has 0 aliphatic rings. The summed E-state index contributed by atoms with van der Waals surface area (Å²) in [6, 6.07) is 20.1. The average molecular weight is 395 g/mol. The minimum atomic E-state index is -2.77. The first-order valence-corrected chi connectivity index (χ1v) is 9.32. The molecule has 0 heterocycles. The number of aromatic carboxylic acids is 1.